The first-order valence-electron chi connectivity index (χ1n) is 6.90. The summed E-state index contributed by atoms with van der Waals surface area (Å²) in [7, 11) is 1.64. The molecule has 0 saturated carbocycles. The third-order valence-corrected chi connectivity index (χ3v) is 3.21. The zero-order chi connectivity index (χ0) is 15.5. The van der Waals surface area contributed by atoms with Gasteiger partial charge in [0.2, 0.25) is 0 Å². The van der Waals surface area contributed by atoms with Gasteiger partial charge in [0.25, 0.3) is 0 Å². The number of benzene rings is 1. The van der Waals surface area contributed by atoms with Gasteiger partial charge < -0.3 is 24.1 Å². The van der Waals surface area contributed by atoms with E-state index < -0.39 is 6.10 Å². The Labute approximate surface area is 134 Å². The molecular weight excluding hydrogens is 340 g/mol. The molecule has 0 aliphatic carbocycles. The molecule has 6 heteroatoms. The van der Waals surface area contributed by atoms with E-state index in [1.54, 1.807) is 14.0 Å². The third-order valence-electron chi connectivity index (χ3n) is 2.71. The summed E-state index contributed by atoms with van der Waals surface area (Å²) in [5.74, 6) is 0.666. The van der Waals surface area contributed by atoms with Crippen molar-refractivity contribution in [3.8, 4) is 5.75 Å². The number of ether oxygens (including phenoxy) is 4. The molecule has 0 heterocycles. The maximum Gasteiger partial charge on any atom is 0.126 e. The van der Waals surface area contributed by atoms with Crippen molar-refractivity contribution in [1.29, 1.82) is 0 Å². The molecular formula is C15H23BrO5. The minimum atomic E-state index is -0.566. The Kier molecular flexibility index (Phi) is 9.62. The molecule has 21 heavy (non-hydrogen) atoms. The van der Waals surface area contributed by atoms with Crippen LogP contribution in [0.2, 0.25) is 0 Å². The van der Waals surface area contributed by atoms with Crippen LogP contribution in [0.4, 0.5) is 0 Å². The Morgan fingerprint density at radius 3 is 2.29 bits per heavy atom. The van der Waals surface area contributed by atoms with Gasteiger partial charge in [-0.2, -0.15) is 0 Å². The molecule has 0 bridgehead atoms. The summed E-state index contributed by atoms with van der Waals surface area (Å²) in [5.41, 5.74) is 0.765. The Morgan fingerprint density at radius 2 is 1.67 bits per heavy atom. The maximum atomic E-state index is 9.69. The molecule has 0 aromatic heterocycles. The van der Waals surface area contributed by atoms with Crippen molar-refractivity contribution in [2.75, 3.05) is 46.8 Å². The summed E-state index contributed by atoms with van der Waals surface area (Å²) >= 11 is 3.39. The highest BCUT2D eigenvalue weighted by molar-refractivity contribution is 9.10. The lowest BCUT2D eigenvalue weighted by Crippen LogP contribution is -2.13. The lowest BCUT2D eigenvalue weighted by molar-refractivity contribution is 0.0177. The molecule has 0 amide bonds. The summed E-state index contributed by atoms with van der Waals surface area (Å²) in [6, 6.07) is 5.56. The fraction of sp³-hybridized carbons (Fsp3) is 0.600. The highest BCUT2D eigenvalue weighted by atomic mass is 79.9. The molecule has 0 aliphatic heterocycles. The minimum Gasteiger partial charge on any atom is -0.491 e. The van der Waals surface area contributed by atoms with Crippen LogP contribution in [0, 0.1) is 0 Å². The maximum absolute atomic E-state index is 9.69. The van der Waals surface area contributed by atoms with Crippen LogP contribution in [0.15, 0.2) is 22.7 Å². The zero-order valence-corrected chi connectivity index (χ0v) is 14.1. The van der Waals surface area contributed by atoms with Crippen molar-refractivity contribution in [2.45, 2.75) is 13.0 Å². The van der Waals surface area contributed by atoms with E-state index in [0.717, 1.165) is 10.0 Å². The number of hydrogen-bond donors (Lipinski definition) is 1. The Bertz CT molecular complexity index is 398. The molecule has 5 nitrogen and oxygen atoms in total. The van der Waals surface area contributed by atoms with Gasteiger partial charge in [0.15, 0.2) is 0 Å². The molecule has 1 N–H and O–H groups in total. The smallest absolute Gasteiger partial charge is 0.126 e. The molecule has 120 valence electrons. The van der Waals surface area contributed by atoms with Gasteiger partial charge in [-0.05, 0) is 19.1 Å². The minimum absolute atomic E-state index is 0.425. The van der Waals surface area contributed by atoms with Gasteiger partial charge in [0.05, 0.1) is 39.1 Å². The van der Waals surface area contributed by atoms with Crippen LogP contribution in [0.1, 0.15) is 18.6 Å². The highest BCUT2D eigenvalue weighted by Gasteiger charge is 2.09. The second kappa shape index (κ2) is 11.0. The quantitative estimate of drug-likeness (QED) is 0.613. The van der Waals surface area contributed by atoms with Gasteiger partial charge in [-0.25, -0.2) is 0 Å². The normalized spacial score (nSPS) is 12.4. The molecule has 0 aliphatic rings. The molecule has 1 rings (SSSR count). The second-order valence-corrected chi connectivity index (χ2v) is 5.34. The first-order valence-corrected chi connectivity index (χ1v) is 7.69. The highest BCUT2D eigenvalue weighted by Crippen LogP contribution is 2.28. The molecule has 0 spiro atoms. The lowest BCUT2D eigenvalue weighted by atomic mass is 10.1. The number of aliphatic hydroxyl groups is 1. The van der Waals surface area contributed by atoms with Crippen molar-refractivity contribution >= 4 is 15.9 Å². The van der Waals surface area contributed by atoms with Crippen LogP contribution in [-0.4, -0.2) is 51.9 Å². The number of halogens is 1. The molecule has 1 aromatic rings. The standard InChI is InChI=1S/C15H23BrO5/c1-12(17)14-4-3-13(16)11-15(14)21-10-9-20-8-7-19-6-5-18-2/h3-4,11-12,17H,5-10H2,1-2H3/t12-/m1/s1. The topological polar surface area (TPSA) is 57.2 Å². The monoisotopic (exact) mass is 362 g/mol. The van der Waals surface area contributed by atoms with Crippen molar-refractivity contribution in [3.63, 3.8) is 0 Å². The fourth-order valence-corrected chi connectivity index (χ4v) is 1.99. The molecule has 0 saturated heterocycles. The van der Waals surface area contributed by atoms with E-state index in [1.165, 1.54) is 0 Å². The van der Waals surface area contributed by atoms with Gasteiger partial charge in [-0.15, -0.1) is 0 Å². The van der Waals surface area contributed by atoms with Gasteiger partial charge in [0.1, 0.15) is 12.4 Å². The van der Waals surface area contributed by atoms with Gasteiger partial charge in [-0.3, -0.25) is 0 Å². The summed E-state index contributed by atoms with van der Waals surface area (Å²) in [6.07, 6.45) is -0.566. The van der Waals surface area contributed by atoms with Crippen molar-refractivity contribution in [2.24, 2.45) is 0 Å². The van der Waals surface area contributed by atoms with E-state index in [-0.39, 0.29) is 0 Å². The average Bonchev–Trinajstić information content (AvgIpc) is 2.45. The first kappa shape index (κ1) is 18.4. The summed E-state index contributed by atoms with van der Waals surface area (Å²) in [6.45, 7) is 4.84. The predicted molar refractivity (Wildman–Crippen MR) is 83.8 cm³/mol. The molecule has 1 atom stereocenters. The second-order valence-electron chi connectivity index (χ2n) is 4.42. The van der Waals surface area contributed by atoms with Crippen LogP contribution in [0.25, 0.3) is 0 Å². The van der Waals surface area contributed by atoms with E-state index in [9.17, 15) is 5.11 Å². The van der Waals surface area contributed by atoms with Crippen LogP contribution < -0.4 is 4.74 Å². The van der Waals surface area contributed by atoms with Crippen molar-refractivity contribution in [3.05, 3.63) is 28.2 Å². The summed E-state index contributed by atoms with van der Waals surface area (Å²) in [4.78, 5) is 0. The first-order chi connectivity index (χ1) is 10.1. The lowest BCUT2D eigenvalue weighted by Gasteiger charge is -2.14. The van der Waals surface area contributed by atoms with E-state index in [1.807, 2.05) is 18.2 Å². The largest absolute Gasteiger partial charge is 0.491 e. The molecule has 0 fully saturated rings. The van der Waals surface area contributed by atoms with E-state index in [4.69, 9.17) is 18.9 Å². The van der Waals surface area contributed by atoms with E-state index in [0.29, 0.717) is 45.4 Å². The van der Waals surface area contributed by atoms with Crippen LogP contribution in [0.3, 0.4) is 0 Å². The Hall–Kier alpha value is -0.660. The van der Waals surface area contributed by atoms with Crippen molar-refractivity contribution in [1.82, 2.24) is 0 Å². The van der Waals surface area contributed by atoms with Gasteiger partial charge in [0, 0.05) is 17.1 Å². The zero-order valence-electron chi connectivity index (χ0n) is 12.5. The Balaban J connectivity index is 2.19. The van der Waals surface area contributed by atoms with Crippen LogP contribution >= 0.6 is 15.9 Å². The fourth-order valence-electron chi connectivity index (χ4n) is 1.65. The Morgan fingerprint density at radius 1 is 1.05 bits per heavy atom. The SMILES string of the molecule is COCCOCCOCCOc1cc(Br)ccc1[C@@H](C)O. The van der Waals surface area contributed by atoms with Crippen molar-refractivity contribution < 1.29 is 24.1 Å². The van der Waals surface area contributed by atoms with Crippen LogP contribution in [0.5, 0.6) is 5.75 Å². The van der Waals surface area contributed by atoms with Crippen LogP contribution in [-0.2, 0) is 14.2 Å². The van der Waals surface area contributed by atoms with E-state index >= 15 is 0 Å². The van der Waals surface area contributed by atoms with Gasteiger partial charge >= 0.3 is 0 Å². The predicted octanol–water partition coefficient (Wildman–Crippen LogP) is 2.56. The average molecular weight is 363 g/mol. The number of hydrogen-bond acceptors (Lipinski definition) is 5. The molecule has 0 radical (unpaired) electrons. The molecule has 0 unspecified atom stereocenters. The third kappa shape index (κ3) is 7.78. The summed E-state index contributed by atoms with van der Waals surface area (Å²) in [5, 5.41) is 9.69. The van der Waals surface area contributed by atoms with Gasteiger partial charge in [-0.1, -0.05) is 22.0 Å². The number of rotatable bonds is 11. The number of methoxy groups -OCH3 is 1. The van der Waals surface area contributed by atoms with E-state index in [2.05, 4.69) is 15.9 Å². The summed E-state index contributed by atoms with van der Waals surface area (Å²) < 4.78 is 22.1. The molecule has 1 aromatic carbocycles. The number of aliphatic hydroxyl groups excluding tert-OH is 1.